The Morgan fingerprint density at radius 1 is 0.976 bits per heavy atom. The number of unbranched alkanes of at least 4 members (excludes halogenated alkanes) is 4. The lowest BCUT2D eigenvalue weighted by Crippen LogP contribution is -2.64. The summed E-state index contributed by atoms with van der Waals surface area (Å²) in [6, 6.07) is 16.1. The molecule has 0 spiro atoms. The summed E-state index contributed by atoms with van der Waals surface area (Å²) in [6.45, 7) is 1.18. The molecule has 1 fully saturated rings. The normalized spacial score (nSPS) is 20.9. The number of aliphatic hydroxyl groups is 2. The number of nitrogens with one attached hydrogen (secondary N) is 1. The molecule has 0 saturated carbocycles. The van der Waals surface area contributed by atoms with Crippen molar-refractivity contribution < 1.29 is 38.9 Å². The third-order valence-electron chi connectivity index (χ3n) is 7.06. The summed E-state index contributed by atoms with van der Waals surface area (Å²) in [5.74, 6) is -2.35. The molecule has 2 aromatic carbocycles. The summed E-state index contributed by atoms with van der Waals surface area (Å²) in [5.41, 5.74) is -1.76. The van der Waals surface area contributed by atoms with Crippen molar-refractivity contribution >= 4 is 23.6 Å². The number of carbonyl (C=O) groups excluding carboxylic acids is 4. The van der Waals surface area contributed by atoms with E-state index in [1.165, 1.54) is 30.3 Å². The van der Waals surface area contributed by atoms with Crippen LogP contribution in [-0.2, 0) is 19.1 Å². The van der Waals surface area contributed by atoms with Gasteiger partial charge in [-0.2, -0.15) is 0 Å². The standard InChI is InChI=1S/C32H39NO8/c1-2-3-4-12-19-25(35)20-13-7-14-21-26(36)27-28(41-30(38)24-17-10-6-11-18-24)32(22-34,31(39)40-27)33-29(37)23-15-8-5-9-16-23/h5-6,8-11,14-18,21,26-28,34,36H,2-4,7,12-13,19-20,22H2,1H3,(H,33,37)/b21-14+/t26-,27+,28-,32-/m0/s1. The maximum atomic E-state index is 13.2. The second-order valence-corrected chi connectivity index (χ2v) is 10.2. The Hall–Kier alpha value is -3.82. The fourth-order valence-electron chi connectivity index (χ4n) is 4.68. The van der Waals surface area contributed by atoms with Gasteiger partial charge < -0.3 is 25.0 Å². The zero-order chi connectivity index (χ0) is 29.7. The number of rotatable bonds is 16. The van der Waals surface area contributed by atoms with Crippen LogP contribution in [0.3, 0.4) is 0 Å². The van der Waals surface area contributed by atoms with Crippen molar-refractivity contribution in [2.75, 3.05) is 6.61 Å². The number of ketones is 1. The van der Waals surface area contributed by atoms with Crippen LogP contribution in [0.5, 0.6) is 0 Å². The van der Waals surface area contributed by atoms with Crippen molar-refractivity contribution in [2.45, 2.75) is 82.1 Å². The van der Waals surface area contributed by atoms with E-state index in [-0.39, 0.29) is 16.9 Å². The maximum absolute atomic E-state index is 13.2. The molecule has 41 heavy (non-hydrogen) atoms. The van der Waals surface area contributed by atoms with Gasteiger partial charge in [0.15, 0.2) is 12.2 Å². The number of benzene rings is 2. The highest BCUT2D eigenvalue weighted by Gasteiger charge is 2.62. The summed E-state index contributed by atoms with van der Waals surface area (Å²) in [6.07, 6.45) is 4.97. The number of esters is 2. The van der Waals surface area contributed by atoms with Gasteiger partial charge >= 0.3 is 11.9 Å². The van der Waals surface area contributed by atoms with E-state index < -0.39 is 48.3 Å². The lowest BCUT2D eigenvalue weighted by Gasteiger charge is -2.32. The molecule has 4 atom stereocenters. The Bertz CT molecular complexity index is 1180. The molecule has 0 unspecified atom stereocenters. The van der Waals surface area contributed by atoms with Crippen LogP contribution >= 0.6 is 0 Å². The van der Waals surface area contributed by atoms with Gasteiger partial charge in [0, 0.05) is 18.4 Å². The Kier molecular flexibility index (Phi) is 12.2. The Morgan fingerprint density at radius 3 is 2.24 bits per heavy atom. The molecule has 3 rings (SSSR count). The van der Waals surface area contributed by atoms with E-state index in [4.69, 9.17) is 9.47 Å². The molecule has 0 radical (unpaired) electrons. The third-order valence-corrected chi connectivity index (χ3v) is 7.06. The highest BCUT2D eigenvalue weighted by atomic mass is 16.6. The number of amides is 1. The fourth-order valence-corrected chi connectivity index (χ4v) is 4.68. The smallest absolute Gasteiger partial charge is 0.338 e. The average molecular weight is 566 g/mol. The van der Waals surface area contributed by atoms with Gasteiger partial charge in [-0.1, -0.05) is 74.7 Å². The van der Waals surface area contributed by atoms with E-state index in [2.05, 4.69) is 12.2 Å². The SMILES string of the molecule is CCCCCCC(=O)CCC/C=C/[C@H](O)[C@H]1OC(=O)[C@@](CO)(NC(=O)c2ccccc2)[C@H]1OC(=O)c1ccccc1. The number of hydrogen-bond acceptors (Lipinski definition) is 8. The van der Waals surface area contributed by atoms with Gasteiger partial charge in [0.25, 0.3) is 5.91 Å². The predicted octanol–water partition coefficient (Wildman–Crippen LogP) is 3.93. The molecule has 9 nitrogen and oxygen atoms in total. The monoisotopic (exact) mass is 565 g/mol. The highest BCUT2D eigenvalue weighted by molar-refractivity contribution is 5.99. The largest absolute Gasteiger partial charge is 0.453 e. The van der Waals surface area contributed by atoms with Crippen molar-refractivity contribution in [3.63, 3.8) is 0 Å². The van der Waals surface area contributed by atoms with Crippen LogP contribution < -0.4 is 5.32 Å². The van der Waals surface area contributed by atoms with Gasteiger partial charge in [-0.15, -0.1) is 0 Å². The summed E-state index contributed by atoms with van der Waals surface area (Å²) in [4.78, 5) is 51.2. The molecule has 3 N–H and O–H groups in total. The molecular weight excluding hydrogens is 526 g/mol. The predicted molar refractivity (Wildman–Crippen MR) is 152 cm³/mol. The minimum absolute atomic E-state index is 0.177. The number of carbonyl (C=O) groups is 4. The average Bonchev–Trinajstić information content (AvgIpc) is 3.26. The first-order chi connectivity index (χ1) is 19.8. The maximum Gasteiger partial charge on any atom is 0.338 e. The van der Waals surface area contributed by atoms with E-state index in [0.29, 0.717) is 25.7 Å². The van der Waals surface area contributed by atoms with E-state index in [1.54, 1.807) is 42.5 Å². The van der Waals surface area contributed by atoms with Crippen molar-refractivity contribution in [2.24, 2.45) is 0 Å². The molecule has 2 aromatic rings. The Labute approximate surface area is 240 Å². The number of ether oxygens (including phenoxy) is 2. The fraction of sp³-hybridized carbons (Fsp3) is 0.438. The zero-order valence-corrected chi connectivity index (χ0v) is 23.4. The van der Waals surface area contributed by atoms with Crippen molar-refractivity contribution in [1.82, 2.24) is 5.32 Å². The summed E-state index contributed by atoms with van der Waals surface area (Å²) < 4.78 is 11.1. The van der Waals surface area contributed by atoms with Crippen LogP contribution in [-0.4, -0.2) is 64.3 Å². The molecular formula is C32H39NO8. The number of aliphatic hydroxyl groups excluding tert-OH is 2. The van der Waals surface area contributed by atoms with Crippen molar-refractivity contribution in [3.05, 3.63) is 83.9 Å². The van der Waals surface area contributed by atoms with E-state index in [1.807, 2.05) is 0 Å². The Morgan fingerprint density at radius 2 is 1.61 bits per heavy atom. The first-order valence-corrected chi connectivity index (χ1v) is 14.1. The summed E-state index contributed by atoms with van der Waals surface area (Å²) >= 11 is 0. The molecule has 9 heteroatoms. The molecule has 0 bridgehead atoms. The number of cyclic esters (lactones) is 1. The van der Waals surface area contributed by atoms with Gasteiger partial charge in [-0.3, -0.25) is 9.59 Å². The second kappa shape index (κ2) is 15.8. The van der Waals surface area contributed by atoms with E-state index >= 15 is 0 Å². The van der Waals surface area contributed by atoms with Gasteiger partial charge in [-0.25, -0.2) is 9.59 Å². The van der Waals surface area contributed by atoms with Crippen LogP contribution in [0.4, 0.5) is 0 Å². The topological polar surface area (TPSA) is 139 Å². The first-order valence-electron chi connectivity index (χ1n) is 14.1. The number of hydrogen-bond donors (Lipinski definition) is 3. The van der Waals surface area contributed by atoms with Gasteiger partial charge in [0.05, 0.1) is 12.2 Å². The number of allylic oxidation sites excluding steroid dienone is 1. The highest BCUT2D eigenvalue weighted by Crippen LogP contribution is 2.33. The van der Waals surface area contributed by atoms with Crippen molar-refractivity contribution in [3.8, 4) is 0 Å². The van der Waals surface area contributed by atoms with Crippen LogP contribution in [0.15, 0.2) is 72.8 Å². The quantitative estimate of drug-likeness (QED) is 0.158. The van der Waals surface area contributed by atoms with Gasteiger partial charge in [0.2, 0.25) is 5.54 Å². The molecule has 220 valence electrons. The molecule has 0 aliphatic carbocycles. The Balaban J connectivity index is 1.73. The zero-order valence-electron chi connectivity index (χ0n) is 23.4. The summed E-state index contributed by atoms with van der Waals surface area (Å²) in [5, 5.41) is 23.8. The lowest BCUT2D eigenvalue weighted by atomic mass is 9.89. The van der Waals surface area contributed by atoms with Crippen LogP contribution in [0, 0.1) is 0 Å². The van der Waals surface area contributed by atoms with Gasteiger partial charge in [-0.05, 0) is 43.5 Å². The minimum Gasteiger partial charge on any atom is -0.453 e. The van der Waals surface area contributed by atoms with E-state index in [0.717, 1.165) is 25.7 Å². The van der Waals surface area contributed by atoms with Crippen LogP contribution in [0.1, 0.15) is 79.0 Å². The molecule has 1 saturated heterocycles. The molecule has 1 aliphatic heterocycles. The molecule has 1 aliphatic rings. The number of Topliss-reactive ketones (excluding diaryl/α,β-unsaturated/α-hetero) is 1. The van der Waals surface area contributed by atoms with E-state index in [9.17, 15) is 29.4 Å². The lowest BCUT2D eigenvalue weighted by molar-refractivity contribution is -0.149. The summed E-state index contributed by atoms with van der Waals surface area (Å²) in [7, 11) is 0. The second-order valence-electron chi connectivity index (χ2n) is 10.2. The third kappa shape index (κ3) is 8.58. The van der Waals surface area contributed by atoms with Crippen LogP contribution in [0.2, 0.25) is 0 Å². The molecule has 1 heterocycles. The van der Waals surface area contributed by atoms with Crippen LogP contribution in [0.25, 0.3) is 0 Å². The minimum atomic E-state index is -2.15. The van der Waals surface area contributed by atoms with Crippen molar-refractivity contribution in [1.29, 1.82) is 0 Å². The first kappa shape index (κ1) is 31.7. The molecule has 0 aromatic heterocycles. The van der Waals surface area contributed by atoms with Gasteiger partial charge in [0.1, 0.15) is 11.9 Å². The molecule has 1 amide bonds.